The van der Waals surface area contributed by atoms with Gasteiger partial charge in [-0.25, -0.2) is 9.67 Å². The van der Waals surface area contributed by atoms with Crippen LogP contribution in [-0.2, 0) is 13.1 Å². The largest absolute Gasteiger partial charge is 0.467 e. The number of hydrogen-bond acceptors (Lipinski definition) is 4. The SMILES string of the molecule is CCn1nc(C)c2nc(N)n(Cc3ccco3)c21. The lowest BCUT2D eigenvalue weighted by Gasteiger charge is -2.05. The fourth-order valence-corrected chi connectivity index (χ4v) is 2.18. The minimum absolute atomic E-state index is 0.490. The number of nitrogen functional groups attached to an aromatic ring is 1. The summed E-state index contributed by atoms with van der Waals surface area (Å²) in [6.45, 7) is 5.35. The number of fused-ring (bicyclic) bond motifs is 1. The molecular weight excluding hydrogens is 230 g/mol. The Balaban J connectivity index is 2.18. The first kappa shape index (κ1) is 10.9. The number of anilines is 1. The van der Waals surface area contributed by atoms with Gasteiger partial charge in [0.25, 0.3) is 0 Å². The second kappa shape index (κ2) is 3.90. The lowest BCUT2D eigenvalue weighted by molar-refractivity contribution is 0.494. The average molecular weight is 245 g/mol. The van der Waals surface area contributed by atoms with Crippen molar-refractivity contribution in [2.45, 2.75) is 26.9 Å². The first-order valence-corrected chi connectivity index (χ1v) is 5.92. The van der Waals surface area contributed by atoms with E-state index in [-0.39, 0.29) is 0 Å². The van der Waals surface area contributed by atoms with Crippen LogP contribution in [-0.4, -0.2) is 19.3 Å². The predicted octanol–water partition coefficient (Wildman–Crippen LogP) is 1.78. The van der Waals surface area contributed by atoms with Gasteiger partial charge in [0.1, 0.15) is 11.3 Å². The average Bonchev–Trinajstić information content (AvgIpc) is 3.02. The van der Waals surface area contributed by atoms with E-state index in [1.54, 1.807) is 6.26 Å². The molecule has 6 nitrogen and oxygen atoms in total. The first-order chi connectivity index (χ1) is 8.70. The molecule has 3 aromatic heterocycles. The van der Waals surface area contributed by atoms with Gasteiger partial charge in [-0.15, -0.1) is 0 Å². The molecule has 0 saturated carbocycles. The van der Waals surface area contributed by atoms with E-state index in [2.05, 4.69) is 10.1 Å². The minimum Gasteiger partial charge on any atom is -0.467 e. The van der Waals surface area contributed by atoms with E-state index in [1.807, 2.05) is 35.2 Å². The number of hydrogen-bond donors (Lipinski definition) is 1. The molecule has 0 aliphatic carbocycles. The Kier molecular flexibility index (Phi) is 2.36. The van der Waals surface area contributed by atoms with E-state index in [1.165, 1.54) is 0 Å². The van der Waals surface area contributed by atoms with E-state index in [0.29, 0.717) is 12.5 Å². The van der Waals surface area contributed by atoms with Gasteiger partial charge in [0.15, 0.2) is 5.65 Å². The Morgan fingerprint density at radius 1 is 1.44 bits per heavy atom. The quantitative estimate of drug-likeness (QED) is 0.763. The Labute approximate surface area is 104 Å². The molecule has 0 spiro atoms. The molecule has 0 amide bonds. The van der Waals surface area contributed by atoms with Gasteiger partial charge < -0.3 is 10.2 Å². The van der Waals surface area contributed by atoms with Crippen LogP contribution in [0.5, 0.6) is 0 Å². The molecule has 0 fully saturated rings. The van der Waals surface area contributed by atoms with Crippen LogP contribution in [0, 0.1) is 6.92 Å². The molecular formula is C12H15N5O. The highest BCUT2D eigenvalue weighted by molar-refractivity contribution is 5.77. The van der Waals surface area contributed by atoms with Crippen LogP contribution < -0.4 is 5.73 Å². The second-order valence-corrected chi connectivity index (χ2v) is 4.21. The maximum atomic E-state index is 5.98. The summed E-state index contributed by atoms with van der Waals surface area (Å²) in [5, 5.41) is 4.45. The van der Waals surface area contributed by atoms with Crippen molar-refractivity contribution in [1.82, 2.24) is 19.3 Å². The molecule has 18 heavy (non-hydrogen) atoms. The first-order valence-electron chi connectivity index (χ1n) is 5.92. The molecule has 0 saturated heterocycles. The van der Waals surface area contributed by atoms with Gasteiger partial charge in [0, 0.05) is 6.54 Å². The van der Waals surface area contributed by atoms with Crippen molar-refractivity contribution in [2.24, 2.45) is 0 Å². The maximum Gasteiger partial charge on any atom is 0.202 e. The highest BCUT2D eigenvalue weighted by Gasteiger charge is 2.17. The summed E-state index contributed by atoms with van der Waals surface area (Å²) >= 11 is 0. The molecule has 3 heterocycles. The normalized spacial score (nSPS) is 11.4. The fourth-order valence-electron chi connectivity index (χ4n) is 2.18. The number of furan rings is 1. The lowest BCUT2D eigenvalue weighted by Crippen LogP contribution is -2.08. The van der Waals surface area contributed by atoms with Gasteiger partial charge in [0.05, 0.1) is 18.5 Å². The second-order valence-electron chi connectivity index (χ2n) is 4.21. The molecule has 0 bridgehead atoms. The molecule has 3 rings (SSSR count). The summed E-state index contributed by atoms with van der Waals surface area (Å²) in [6.07, 6.45) is 1.65. The van der Waals surface area contributed by atoms with E-state index in [0.717, 1.165) is 29.2 Å². The van der Waals surface area contributed by atoms with Gasteiger partial charge in [-0.1, -0.05) is 0 Å². The summed E-state index contributed by atoms with van der Waals surface area (Å²) in [5.41, 5.74) is 8.69. The monoisotopic (exact) mass is 245 g/mol. The van der Waals surface area contributed by atoms with E-state index < -0.39 is 0 Å². The summed E-state index contributed by atoms with van der Waals surface area (Å²) in [6, 6.07) is 3.78. The lowest BCUT2D eigenvalue weighted by atomic mass is 10.4. The van der Waals surface area contributed by atoms with Crippen molar-refractivity contribution in [3.8, 4) is 0 Å². The number of aryl methyl sites for hydroxylation is 2. The zero-order chi connectivity index (χ0) is 12.7. The fraction of sp³-hybridized carbons (Fsp3) is 0.333. The van der Waals surface area contributed by atoms with Crippen LogP contribution in [0.1, 0.15) is 18.4 Å². The number of aromatic nitrogens is 4. The van der Waals surface area contributed by atoms with Crippen molar-refractivity contribution in [1.29, 1.82) is 0 Å². The third-order valence-corrected chi connectivity index (χ3v) is 3.02. The van der Waals surface area contributed by atoms with Crippen LogP contribution >= 0.6 is 0 Å². The van der Waals surface area contributed by atoms with E-state index in [4.69, 9.17) is 10.2 Å². The smallest absolute Gasteiger partial charge is 0.202 e. The Morgan fingerprint density at radius 2 is 2.28 bits per heavy atom. The van der Waals surface area contributed by atoms with Gasteiger partial charge in [-0.3, -0.25) is 4.57 Å². The molecule has 6 heteroatoms. The highest BCUT2D eigenvalue weighted by atomic mass is 16.3. The Hall–Kier alpha value is -2.24. The van der Waals surface area contributed by atoms with Crippen molar-refractivity contribution < 1.29 is 4.42 Å². The molecule has 0 unspecified atom stereocenters. The molecule has 0 atom stereocenters. The van der Waals surface area contributed by atoms with Gasteiger partial charge >= 0.3 is 0 Å². The van der Waals surface area contributed by atoms with Crippen LogP contribution in [0.15, 0.2) is 22.8 Å². The predicted molar refractivity (Wildman–Crippen MR) is 68.2 cm³/mol. The molecule has 2 N–H and O–H groups in total. The van der Waals surface area contributed by atoms with Crippen LogP contribution in [0.3, 0.4) is 0 Å². The van der Waals surface area contributed by atoms with Crippen LogP contribution in [0.2, 0.25) is 0 Å². The highest BCUT2D eigenvalue weighted by Crippen LogP contribution is 2.22. The molecule has 0 radical (unpaired) electrons. The Morgan fingerprint density at radius 3 is 2.94 bits per heavy atom. The standard InChI is InChI=1S/C12H15N5O/c1-3-17-11-10(8(2)15-17)14-12(13)16(11)7-9-5-4-6-18-9/h4-6H,3,7H2,1-2H3,(H2,13,14). The third kappa shape index (κ3) is 1.49. The summed E-state index contributed by atoms with van der Waals surface area (Å²) in [5.74, 6) is 1.34. The van der Waals surface area contributed by atoms with Crippen LogP contribution in [0.25, 0.3) is 11.2 Å². The number of nitrogens with two attached hydrogens (primary N) is 1. The van der Waals surface area contributed by atoms with Crippen molar-refractivity contribution in [3.05, 3.63) is 29.9 Å². The van der Waals surface area contributed by atoms with Crippen molar-refractivity contribution in [3.63, 3.8) is 0 Å². The van der Waals surface area contributed by atoms with Gasteiger partial charge in [-0.05, 0) is 26.0 Å². The van der Waals surface area contributed by atoms with Gasteiger partial charge in [-0.2, -0.15) is 5.10 Å². The molecule has 0 aliphatic heterocycles. The zero-order valence-electron chi connectivity index (χ0n) is 10.4. The van der Waals surface area contributed by atoms with E-state index >= 15 is 0 Å². The number of rotatable bonds is 3. The molecule has 94 valence electrons. The van der Waals surface area contributed by atoms with Crippen LogP contribution in [0.4, 0.5) is 5.95 Å². The molecule has 0 aliphatic rings. The zero-order valence-corrected chi connectivity index (χ0v) is 10.4. The summed E-state index contributed by atoms with van der Waals surface area (Å²) in [7, 11) is 0. The minimum atomic E-state index is 0.490. The summed E-state index contributed by atoms with van der Waals surface area (Å²) < 4.78 is 9.20. The van der Waals surface area contributed by atoms with Crippen molar-refractivity contribution >= 4 is 17.1 Å². The topological polar surface area (TPSA) is 74.8 Å². The molecule has 3 aromatic rings. The Bertz CT molecular complexity index is 677. The third-order valence-electron chi connectivity index (χ3n) is 3.02. The van der Waals surface area contributed by atoms with E-state index in [9.17, 15) is 0 Å². The maximum absolute atomic E-state index is 5.98. The summed E-state index contributed by atoms with van der Waals surface area (Å²) in [4.78, 5) is 4.38. The molecule has 0 aromatic carbocycles. The number of imidazole rings is 1. The van der Waals surface area contributed by atoms with Gasteiger partial charge in [0.2, 0.25) is 5.95 Å². The number of nitrogens with zero attached hydrogens (tertiary/aromatic N) is 4. The van der Waals surface area contributed by atoms with Crippen molar-refractivity contribution in [2.75, 3.05) is 5.73 Å².